The fourth-order valence-corrected chi connectivity index (χ4v) is 6.33. The van der Waals surface area contributed by atoms with Crippen LogP contribution >= 0.6 is 39.0 Å². The first-order chi connectivity index (χ1) is 17.6. The van der Waals surface area contributed by atoms with Crippen molar-refractivity contribution in [3.63, 3.8) is 0 Å². The van der Waals surface area contributed by atoms with E-state index in [4.69, 9.17) is 4.74 Å². The van der Waals surface area contributed by atoms with Gasteiger partial charge in [-0.3, -0.25) is 9.59 Å². The predicted molar refractivity (Wildman–Crippen MR) is 150 cm³/mol. The summed E-state index contributed by atoms with van der Waals surface area (Å²) in [6.45, 7) is 2.07. The number of aromatic nitrogens is 1. The molecule has 4 aromatic rings. The molecule has 0 bridgehead atoms. The van der Waals surface area contributed by atoms with E-state index < -0.39 is 0 Å². The Morgan fingerprint density at radius 1 is 1.00 bits per heavy atom. The quantitative estimate of drug-likeness (QED) is 0.0826. The summed E-state index contributed by atoms with van der Waals surface area (Å²) in [6, 6.07) is 23.2. The molecular weight excluding hydrogens is 681 g/mol. The van der Waals surface area contributed by atoms with Gasteiger partial charge < -0.3 is 28.7 Å². The number of ketones is 1. The zero-order valence-corrected chi connectivity index (χ0v) is 25.5. The Labute approximate surface area is 250 Å². The molecule has 2 aromatic carbocycles. The Bertz CT molecular complexity index is 1360. The SMILES string of the molecule is CCOC(=O)Cc1c(C(=O)c2ccc(Br)cc2)sc(SC/C=C/c2ccccc2)c1-[n+]1ccccc1.[I-]. The van der Waals surface area contributed by atoms with Gasteiger partial charge in [-0.15, -0.1) is 23.1 Å². The van der Waals surface area contributed by atoms with E-state index in [2.05, 4.69) is 40.2 Å². The molecule has 2 aromatic heterocycles. The van der Waals surface area contributed by atoms with Crippen molar-refractivity contribution >= 4 is 56.9 Å². The maximum Gasteiger partial charge on any atom is 0.310 e. The number of ether oxygens (including phenoxy) is 1. The molecule has 8 heteroatoms. The number of nitrogens with zero attached hydrogens (tertiary/aromatic N) is 1. The van der Waals surface area contributed by atoms with Crippen molar-refractivity contribution in [2.75, 3.05) is 12.4 Å². The Kier molecular flexibility index (Phi) is 11.6. The number of halogens is 2. The van der Waals surface area contributed by atoms with Crippen LogP contribution in [-0.2, 0) is 16.0 Å². The summed E-state index contributed by atoms with van der Waals surface area (Å²) < 4.78 is 9.13. The molecule has 0 N–H and O–H groups in total. The summed E-state index contributed by atoms with van der Waals surface area (Å²) in [5.74, 6) is 0.273. The van der Waals surface area contributed by atoms with Crippen molar-refractivity contribution in [1.29, 1.82) is 0 Å². The third-order valence-electron chi connectivity index (χ3n) is 5.28. The number of hydrogen-bond donors (Lipinski definition) is 0. The van der Waals surface area contributed by atoms with E-state index in [1.165, 1.54) is 11.3 Å². The largest absolute Gasteiger partial charge is 1.00 e. The zero-order valence-electron chi connectivity index (χ0n) is 20.1. The Morgan fingerprint density at radius 2 is 1.68 bits per heavy atom. The fourth-order valence-electron chi connectivity index (χ4n) is 3.65. The molecule has 0 aliphatic rings. The predicted octanol–water partition coefficient (Wildman–Crippen LogP) is 3.93. The van der Waals surface area contributed by atoms with Crippen LogP contribution in [-0.4, -0.2) is 24.1 Å². The summed E-state index contributed by atoms with van der Waals surface area (Å²) in [5.41, 5.74) is 3.26. The summed E-state index contributed by atoms with van der Waals surface area (Å²) in [6.07, 6.45) is 8.10. The van der Waals surface area contributed by atoms with Crippen molar-refractivity contribution < 1.29 is 42.9 Å². The summed E-state index contributed by atoms with van der Waals surface area (Å²) in [5, 5.41) is 0. The lowest BCUT2D eigenvalue weighted by molar-refractivity contribution is -0.598. The Morgan fingerprint density at radius 3 is 2.35 bits per heavy atom. The van der Waals surface area contributed by atoms with Crippen LogP contribution in [0, 0.1) is 0 Å². The van der Waals surface area contributed by atoms with Gasteiger partial charge in [-0.25, -0.2) is 0 Å². The topological polar surface area (TPSA) is 47.3 Å². The minimum absolute atomic E-state index is 0. The lowest BCUT2D eigenvalue weighted by atomic mass is 10.0. The normalized spacial score (nSPS) is 10.8. The number of carbonyl (C=O) groups excluding carboxylic acids is 2. The molecule has 0 amide bonds. The molecule has 0 saturated carbocycles. The van der Waals surface area contributed by atoms with Crippen molar-refractivity contribution in [3.8, 4) is 5.69 Å². The summed E-state index contributed by atoms with van der Waals surface area (Å²) in [7, 11) is 0. The number of rotatable bonds is 10. The minimum atomic E-state index is -0.349. The van der Waals surface area contributed by atoms with Crippen molar-refractivity contribution in [2.45, 2.75) is 17.6 Å². The van der Waals surface area contributed by atoms with Crippen molar-refractivity contribution in [2.24, 2.45) is 0 Å². The van der Waals surface area contributed by atoms with Gasteiger partial charge in [0.2, 0.25) is 11.5 Å². The molecule has 190 valence electrons. The molecule has 4 rings (SSSR count). The summed E-state index contributed by atoms with van der Waals surface area (Å²) >= 11 is 6.51. The second-order valence-electron chi connectivity index (χ2n) is 7.77. The number of pyridine rings is 1. The second-order valence-corrected chi connectivity index (χ2v) is 11.0. The van der Waals surface area contributed by atoms with Crippen molar-refractivity contribution in [1.82, 2.24) is 0 Å². The van der Waals surface area contributed by atoms with E-state index in [1.54, 1.807) is 30.8 Å². The molecule has 2 heterocycles. The van der Waals surface area contributed by atoms with Gasteiger partial charge in [-0.05, 0) is 36.8 Å². The molecule has 0 aliphatic heterocycles. The maximum atomic E-state index is 13.6. The molecule has 0 unspecified atom stereocenters. The lowest BCUT2D eigenvalue weighted by Gasteiger charge is -2.05. The number of thioether (sulfide) groups is 1. The number of thiophene rings is 1. The first-order valence-electron chi connectivity index (χ1n) is 11.5. The standard InChI is InChI=1S/C29H25BrNO3S2.HI/c1-2-34-25(32)20-24-26(31-17-7-4-8-18-31)29(35-19-9-12-21-10-5-3-6-11-21)36-28(24)27(33)22-13-15-23(30)16-14-22;/h3-18H,2,19-20H2,1H3;1H/q+1;/p-1/b12-9+;. The molecular formula is C29H25BrINO3S2. The van der Waals surface area contributed by atoms with Gasteiger partial charge in [-0.1, -0.05) is 64.5 Å². The Balaban J connectivity index is 0.00000380. The Hall–Kier alpha value is -2.27. The lowest BCUT2D eigenvalue weighted by Crippen LogP contribution is -3.00. The highest BCUT2D eigenvalue weighted by Gasteiger charge is 2.31. The van der Waals surface area contributed by atoms with Crippen LogP contribution in [0.1, 0.15) is 33.3 Å². The van der Waals surface area contributed by atoms with E-state index in [-0.39, 0.29) is 42.2 Å². The molecule has 0 spiro atoms. The van der Waals surface area contributed by atoms with Crippen LogP contribution < -0.4 is 28.5 Å². The van der Waals surface area contributed by atoms with Gasteiger partial charge in [0.25, 0.3) is 0 Å². The zero-order chi connectivity index (χ0) is 25.3. The molecule has 37 heavy (non-hydrogen) atoms. The smallest absolute Gasteiger partial charge is 0.310 e. The number of benzene rings is 2. The molecule has 0 aliphatic carbocycles. The number of hydrogen-bond acceptors (Lipinski definition) is 5. The number of esters is 1. The van der Waals surface area contributed by atoms with Gasteiger partial charge in [0, 0.05) is 27.9 Å². The van der Waals surface area contributed by atoms with E-state index >= 15 is 0 Å². The summed E-state index contributed by atoms with van der Waals surface area (Å²) in [4.78, 5) is 26.8. The van der Waals surface area contributed by atoms with Crippen LogP contribution in [0.3, 0.4) is 0 Å². The first kappa shape index (κ1) is 29.3. The first-order valence-corrected chi connectivity index (χ1v) is 14.1. The van der Waals surface area contributed by atoms with Crippen LogP contribution in [0.2, 0.25) is 0 Å². The van der Waals surface area contributed by atoms with Crippen LogP contribution in [0.25, 0.3) is 11.8 Å². The monoisotopic (exact) mass is 705 g/mol. The molecule has 4 nitrogen and oxygen atoms in total. The number of carbonyl (C=O) groups is 2. The van der Waals surface area contributed by atoms with Crippen LogP contribution in [0.15, 0.2) is 99.9 Å². The third kappa shape index (κ3) is 7.86. The van der Waals surface area contributed by atoms with E-state index in [0.29, 0.717) is 22.6 Å². The fraction of sp³-hybridized carbons (Fsp3) is 0.138. The molecule has 0 radical (unpaired) electrons. The van der Waals surface area contributed by atoms with Crippen LogP contribution in [0.5, 0.6) is 0 Å². The molecule has 0 saturated heterocycles. The minimum Gasteiger partial charge on any atom is -1.00 e. The second kappa shape index (κ2) is 14.6. The molecule has 0 atom stereocenters. The van der Waals surface area contributed by atoms with Gasteiger partial charge in [0.1, 0.15) is 4.21 Å². The highest BCUT2D eigenvalue weighted by molar-refractivity contribution is 9.10. The average molecular weight is 706 g/mol. The van der Waals surface area contributed by atoms with Gasteiger partial charge >= 0.3 is 5.97 Å². The van der Waals surface area contributed by atoms with Gasteiger partial charge in [0.15, 0.2) is 12.4 Å². The van der Waals surface area contributed by atoms with E-state index in [1.807, 2.05) is 65.5 Å². The van der Waals surface area contributed by atoms with Crippen molar-refractivity contribution in [3.05, 3.63) is 117 Å². The highest BCUT2D eigenvalue weighted by atomic mass is 127. The maximum absolute atomic E-state index is 13.6. The average Bonchev–Trinajstić information content (AvgIpc) is 3.25. The van der Waals surface area contributed by atoms with Gasteiger partial charge in [0.05, 0.1) is 23.5 Å². The van der Waals surface area contributed by atoms with E-state index in [0.717, 1.165) is 25.7 Å². The highest BCUT2D eigenvalue weighted by Crippen LogP contribution is 2.38. The van der Waals surface area contributed by atoms with E-state index in [9.17, 15) is 9.59 Å². The van der Waals surface area contributed by atoms with Gasteiger partial charge in [-0.2, -0.15) is 4.57 Å². The van der Waals surface area contributed by atoms with Crippen LogP contribution in [0.4, 0.5) is 0 Å². The third-order valence-corrected chi connectivity index (χ3v) is 8.24. The molecule has 0 fully saturated rings.